The number of unbranched alkanes of at least 4 members (excludes halogenated alkanes) is 1. The molecule has 0 unspecified atom stereocenters. The summed E-state index contributed by atoms with van der Waals surface area (Å²) in [6, 6.07) is 25.2. The van der Waals surface area contributed by atoms with Crippen molar-refractivity contribution in [3.63, 3.8) is 0 Å². The first-order valence-corrected chi connectivity index (χ1v) is 13.8. The Balaban J connectivity index is 1.54. The molecule has 3 aromatic carbocycles. The van der Waals surface area contributed by atoms with Gasteiger partial charge in [-0.2, -0.15) is 8.78 Å². The zero-order valence-electron chi connectivity index (χ0n) is 21.3. The molecule has 37 heavy (non-hydrogen) atoms. The number of rotatable bonds is 10. The van der Waals surface area contributed by atoms with Crippen molar-refractivity contribution in [1.82, 2.24) is 9.55 Å². The standard InChI is InChI=1S/C29H32F2N2O3S/c1-29(2,3)37(23-12-6-4-7-13-23,24-14-8-5-9-15-24)35-19-11-10-18-33-26-20-22(36-28(30)31)16-17-25(26)32-21-27(33)34/h4-9,12-17,20-21,28H,10-11,18-19H2,1-3H3. The lowest BCUT2D eigenvalue weighted by Gasteiger charge is -2.50. The number of hydrogen-bond donors (Lipinski definition) is 0. The second-order valence-corrected chi connectivity index (χ2v) is 13.1. The molecule has 0 atom stereocenters. The highest BCUT2D eigenvalue weighted by Gasteiger charge is 2.41. The number of fused-ring (bicyclic) bond motifs is 1. The first kappa shape index (κ1) is 26.8. The van der Waals surface area contributed by atoms with E-state index in [4.69, 9.17) is 4.18 Å². The van der Waals surface area contributed by atoms with E-state index < -0.39 is 16.9 Å². The van der Waals surface area contributed by atoms with Gasteiger partial charge in [-0.05, 0) is 70.0 Å². The molecule has 8 heteroatoms. The van der Waals surface area contributed by atoms with Crippen LogP contribution in [-0.2, 0) is 10.7 Å². The predicted octanol–water partition coefficient (Wildman–Crippen LogP) is 7.43. The highest BCUT2D eigenvalue weighted by atomic mass is 32.3. The van der Waals surface area contributed by atoms with E-state index >= 15 is 0 Å². The fourth-order valence-corrected chi connectivity index (χ4v) is 8.25. The van der Waals surface area contributed by atoms with Gasteiger partial charge in [-0.25, -0.2) is 4.98 Å². The highest BCUT2D eigenvalue weighted by molar-refractivity contribution is 8.31. The Morgan fingerprint density at radius 1 is 0.919 bits per heavy atom. The Morgan fingerprint density at radius 3 is 2.11 bits per heavy atom. The van der Waals surface area contributed by atoms with Crippen molar-refractivity contribution < 1.29 is 17.7 Å². The van der Waals surface area contributed by atoms with Crippen molar-refractivity contribution in [1.29, 1.82) is 0 Å². The van der Waals surface area contributed by atoms with Crippen molar-refractivity contribution >= 4 is 21.3 Å². The van der Waals surface area contributed by atoms with Crippen LogP contribution >= 0.6 is 10.3 Å². The van der Waals surface area contributed by atoms with Crippen molar-refractivity contribution in [2.75, 3.05) is 6.61 Å². The molecule has 0 saturated heterocycles. The molecular formula is C29H32F2N2O3S. The molecule has 0 bridgehead atoms. The van der Waals surface area contributed by atoms with E-state index in [1.54, 1.807) is 10.6 Å². The maximum absolute atomic E-state index is 12.7. The van der Waals surface area contributed by atoms with E-state index in [1.807, 2.05) is 36.4 Å². The minimum Gasteiger partial charge on any atom is -0.435 e. The van der Waals surface area contributed by atoms with Gasteiger partial charge in [0.15, 0.2) is 0 Å². The van der Waals surface area contributed by atoms with Crippen LogP contribution in [-0.4, -0.2) is 27.5 Å². The Morgan fingerprint density at radius 2 is 1.54 bits per heavy atom. The first-order chi connectivity index (χ1) is 17.7. The summed E-state index contributed by atoms with van der Waals surface area (Å²) in [4.78, 5) is 19.0. The van der Waals surface area contributed by atoms with Gasteiger partial charge >= 0.3 is 6.61 Å². The lowest BCUT2D eigenvalue weighted by molar-refractivity contribution is -0.0497. The monoisotopic (exact) mass is 526 g/mol. The van der Waals surface area contributed by atoms with Gasteiger partial charge in [0.25, 0.3) is 5.56 Å². The Bertz CT molecular complexity index is 1330. The van der Waals surface area contributed by atoms with Gasteiger partial charge in [0.1, 0.15) is 5.75 Å². The number of ether oxygens (including phenoxy) is 1. The van der Waals surface area contributed by atoms with E-state index in [1.165, 1.54) is 18.3 Å². The maximum Gasteiger partial charge on any atom is 0.387 e. The smallest absolute Gasteiger partial charge is 0.387 e. The Hall–Kier alpha value is -3.23. The van der Waals surface area contributed by atoms with E-state index in [2.05, 4.69) is 54.8 Å². The molecule has 0 fully saturated rings. The summed E-state index contributed by atoms with van der Waals surface area (Å²) < 4.78 is 38.2. The zero-order valence-corrected chi connectivity index (χ0v) is 22.1. The molecule has 4 rings (SSSR count). The van der Waals surface area contributed by atoms with Crippen LogP contribution in [0, 0.1) is 0 Å². The quantitative estimate of drug-likeness (QED) is 0.202. The first-order valence-electron chi connectivity index (χ1n) is 12.2. The van der Waals surface area contributed by atoms with Gasteiger partial charge in [-0.1, -0.05) is 46.7 Å². The van der Waals surface area contributed by atoms with Gasteiger partial charge in [0.2, 0.25) is 0 Å². The fraction of sp³-hybridized carbons (Fsp3) is 0.310. The number of aryl methyl sites for hydroxylation is 1. The van der Waals surface area contributed by atoms with Crippen molar-refractivity contribution in [3.8, 4) is 5.75 Å². The summed E-state index contributed by atoms with van der Waals surface area (Å²) in [5, 5.41) is 0. The Kier molecular flexibility index (Phi) is 8.29. The van der Waals surface area contributed by atoms with Gasteiger partial charge in [-0.3, -0.25) is 4.79 Å². The molecular weight excluding hydrogens is 494 g/mol. The molecule has 196 valence electrons. The van der Waals surface area contributed by atoms with Gasteiger partial charge in [-0.15, -0.1) is 0 Å². The molecule has 0 spiro atoms. The third-order valence-electron chi connectivity index (χ3n) is 6.09. The average Bonchev–Trinajstić information content (AvgIpc) is 2.87. The average molecular weight is 527 g/mol. The summed E-state index contributed by atoms with van der Waals surface area (Å²) in [5.74, 6) is -0.00346. The van der Waals surface area contributed by atoms with Crippen LogP contribution in [0.25, 0.3) is 11.0 Å². The number of aromatic nitrogens is 2. The summed E-state index contributed by atoms with van der Waals surface area (Å²) >= 11 is 0. The number of benzene rings is 3. The molecule has 5 nitrogen and oxygen atoms in total. The third-order valence-corrected chi connectivity index (χ3v) is 10.2. The molecule has 0 saturated carbocycles. The molecule has 0 amide bonds. The van der Waals surface area contributed by atoms with Crippen molar-refractivity contribution in [3.05, 3.63) is 95.4 Å². The normalized spacial score (nSPS) is 12.7. The number of hydrogen-bond acceptors (Lipinski definition) is 4. The molecule has 1 heterocycles. The molecule has 0 N–H and O–H groups in total. The molecule has 4 aromatic rings. The SMILES string of the molecule is CC(C)(C)S(OCCCCn1c(=O)cnc2ccc(OC(F)F)cc21)(c1ccccc1)c1ccccc1. The number of nitrogens with zero attached hydrogens (tertiary/aromatic N) is 2. The van der Waals surface area contributed by atoms with Crippen LogP contribution in [0.3, 0.4) is 0 Å². The molecule has 0 aliphatic rings. The van der Waals surface area contributed by atoms with Gasteiger partial charge in [0.05, 0.1) is 23.8 Å². The van der Waals surface area contributed by atoms with Gasteiger partial charge < -0.3 is 13.5 Å². The topological polar surface area (TPSA) is 53.4 Å². The van der Waals surface area contributed by atoms with Gasteiger partial charge in [0, 0.05) is 27.1 Å². The second kappa shape index (κ2) is 11.4. The zero-order chi connectivity index (χ0) is 26.5. The Labute approximate surface area is 217 Å². The van der Waals surface area contributed by atoms with E-state index in [-0.39, 0.29) is 16.1 Å². The van der Waals surface area contributed by atoms with E-state index in [0.29, 0.717) is 37.0 Å². The van der Waals surface area contributed by atoms with Crippen LogP contribution in [0.2, 0.25) is 0 Å². The highest BCUT2D eigenvalue weighted by Crippen LogP contribution is 2.71. The van der Waals surface area contributed by atoms with Crippen LogP contribution < -0.4 is 10.3 Å². The summed E-state index contributed by atoms with van der Waals surface area (Å²) in [5.41, 5.74) is 0.725. The molecule has 0 radical (unpaired) electrons. The minimum atomic E-state index is -2.94. The van der Waals surface area contributed by atoms with Crippen LogP contribution in [0.1, 0.15) is 33.6 Å². The largest absolute Gasteiger partial charge is 0.435 e. The number of halogens is 2. The minimum absolute atomic E-state index is 0.00346. The van der Waals surface area contributed by atoms with Crippen LogP contribution in [0.15, 0.2) is 99.6 Å². The van der Waals surface area contributed by atoms with E-state index in [0.717, 1.165) is 9.79 Å². The molecule has 0 aliphatic heterocycles. The van der Waals surface area contributed by atoms with Crippen molar-refractivity contribution in [2.24, 2.45) is 0 Å². The molecule has 0 aliphatic carbocycles. The fourth-order valence-electron chi connectivity index (χ4n) is 4.48. The van der Waals surface area contributed by atoms with Crippen LogP contribution in [0.4, 0.5) is 8.78 Å². The van der Waals surface area contributed by atoms with Crippen LogP contribution in [0.5, 0.6) is 5.75 Å². The summed E-state index contributed by atoms with van der Waals surface area (Å²) in [6.45, 7) is 4.62. The lowest BCUT2D eigenvalue weighted by Crippen LogP contribution is -2.28. The number of alkyl halides is 2. The van der Waals surface area contributed by atoms with E-state index in [9.17, 15) is 13.6 Å². The summed E-state index contributed by atoms with van der Waals surface area (Å²) in [6.07, 6.45) is 2.64. The van der Waals surface area contributed by atoms with Crippen molar-refractivity contribution in [2.45, 2.75) is 61.3 Å². The second-order valence-electron chi connectivity index (χ2n) is 9.60. The third kappa shape index (κ3) is 5.86. The molecule has 1 aromatic heterocycles. The summed E-state index contributed by atoms with van der Waals surface area (Å²) in [7, 11) is -1.84. The maximum atomic E-state index is 12.7. The lowest BCUT2D eigenvalue weighted by atomic mass is 10.2. The predicted molar refractivity (Wildman–Crippen MR) is 145 cm³/mol.